The zero-order chi connectivity index (χ0) is 14.3. The maximum absolute atomic E-state index is 11.4. The summed E-state index contributed by atoms with van der Waals surface area (Å²) >= 11 is 0. The van der Waals surface area contributed by atoms with E-state index >= 15 is 0 Å². The van der Waals surface area contributed by atoms with Crippen LogP contribution >= 0.6 is 0 Å². The summed E-state index contributed by atoms with van der Waals surface area (Å²) in [4.78, 5) is 22.1. The van der Waals surface area contributed by atoms with Crippen molar-refractivity contribution in [2.75, 3.05) is 6.54 Å². The predicted molar refractivity (Wildman–Crippen MR) is 72.3 cm³/mol. The van der Waals surface area contributed by atoms with Gasteiger partial charge in [-0.3, -0.25) is 9.59 Å². The van der Waals surface area contributed by atoms with Gasteiger partial charge in [0.25, 0.3) is 0 Å². The Labute approximate surface area is 110 Å². The summed E-state index contributed by atoms with van der Waals surface area (Å²) in [5, 5.41) is 11.6. The highest BCUT2D eigenvalue weighted by molar-refractivity contribution is 5.77. The van der Waals surface area contributed by atoms with E-state index in [2.05, 4.69) is 26.1 Å². The molecule has 0 aromatic carbocycles. The second-order valence-corrected chi connectivity index (χ2v) is 6.23. The van der Waals surface area contributed by atoms with Crippen LogP contribution in [0.2, 0.25) is 0 Å². The number of hydrogen-bond donors (Lipinski definition) is 2. The van der Waals surface area contributed by atoms with Crippen LogP contribution < -0.4 is 5.32 Å². The van der Waals surface area contributed by atoms with Crippen molar-refractivity contribution in [1.82, 2.24) is 5.32 Å². The summed E-state index contributed by atoms with van der Waals surface area (Å²) in [6.07, 6.45) is 1.69. The molecule has 0 saturated carbocycles. The molecule has 2 N–H and O–H groups in total. The van der Waals surface area contributed by atoms with Crippen LogP contribution in [-0.4, -0.2) is 23.5 Å². The van der Waals surface area contributed by atoms with Crippen molar-refractivity contribution in [3.63, 3.8) is 0 Å². The molecule has 0 aliphatic carbocycles. The van der Waals surface area contributed by atoms with E-state index in [0.717, 1.165) is 6.42 Å². The lowest BCUT2D eigenvalue weighted by Crippen LogP contribution is -2.32. The van der Waals surface area contributed by atoms with E-state index in [1.165, 1.54) is 0 Å². The molecule has 0 aromatic heterocycles. The van der Waals surface area contributed by atoms with Crippen LogP contribution in [0.5, 0.6) is 0 Å². The molecule has 18 heavy (non-hydrogen) atoms. The first-order chi connectivity index (χ1) is 8.14. The molecule has 4 heteroatoms. The second kappa shape index (κ2) is 7.39. The minimum atomic E-state index is -0.754. The Balaban J connectivity index is 4.18. The van der Waals surface area contributed by atoms with Gasteiger partial charge in [-0.05, 0) is 24.2 Å². The van der Waals surface area contributed by atoms with Gasteiger partial charge in [0.2, 0.25) is 5.91 Å². The Kier molecular flexibility index (Phi) is 6.96. The van der Waals surface area contributed by atoms with E-state index in [9.17, 15) is 9.59 Å². The summed E-state index contributed by atoms with van der Waals surface area (Å²) in [7, 11) is 0. The van der Waals surface area contributed by atoms with Gasteiger partial charge in [0.05, 0.1) is 0 Å². The number of hydrogen-bond acceptors (Lipinski definition) is 2. The van der Waals surface area contributed by atoms with Crippen LogP contribution in [0.4, 0.5) is 0 Å². The number of amides is 1. The van der Waals surface area contributed by atoms with Crippen LogP contribution in [0.25, 0.3) is 0 Å². The predicted octanol–water partition coefficient (Wildman–Crippen LogP) is 2.68. The first kappa shape index (κ1) is 16.9. The van der Waals surface area contributed by atoms with Crippen molar-refractivity contribution in [1.29, 1.82) is 0 Å². The smallest absolute Gasteiger partial charge is 0.303 e. The zero-order valence-corrected chi connectivity index (χ0v) is 12.2. The molecule has 1 unspecified atom stereocenters. The van der Waals surface area contributed by atoms with Crippen molar-refractivity contribution in [2.45, 2.75) is 53.9 Å². The van der Waals surface area contributed by atoms with Gasteiger partial charge < -0.3 is 10.4 Å². The highest BCUT2D eigenvalue weighted by Crippen LogP contribution is 2.32. The molecule has 0 heterocycles. The normalized spacial score (nSPS) is 13.4. The van der Waals surface area contributed by atoms with Crippen LogP contribution in [0.3, 0.4) is 0 Å². The minimum Gasteiger partial charge on any atom is -0.481 e. The number of carboxylic acid groups (broad SMARTS) is 1. The third-order valence-electron chi connectivity index (χ3n) is 3.25. The fourth-order valence-corrected chi connectivity index (χ4v) is 1.88. The Morgan fingerprint density at radius 2 is 1.72 bits per heavy atom. The van der Waals surface area contributed by atoms with E-state index in [0.29, 0.717) is 18.9 Å². The quantitative estimate of drug-likeness (QED) is 0.737. The summed E-state index contributed by atoms with van der Waals surface area (Å²) in [6, 6.07) is 0. The average molecular weight is 257 g/mol. The second-order valence-electron chi connectivity index (χ2n) is 6.23. The van der Waals surface area contributed by atoms with Crippen LogP contribution in [-0.2, 0) is 9.59 Å². The Bertz CT molecular complexity index is 279. The topological polar surface area (TPSA) is 66.4 Å². The molecule has 0 fully saturated rings. The summed E-state index contributed by atoms with van der Waals surface area (Å²) < 4.78 is 0. The summed E-state index contributed by atoms with van der Waals surface area (Å²) in [5.74, 6) is -0.394. The third kappa shape index (κ3) is 7.30. The van der Waals surface area contributed by atoms with Gasteiger partial charge in [-0.25, -0.2) is 0 Å². The van der Waals surface area contributed by atoms with Crippen molar-refractivity contribution in [2.24, 2.45) is 17.3 Å². The number of carboxylic acids is 1. The molecule has 0 aliphatic heterocycles. The highest BCUT2D eigenvalue weighted by atomic mass is 16.4. The molecule has 106 valence electrons. The summed E-state index contributed by atoms with van der Waals surface area (Å²) in [6.45, 7) is 10.7. The number of aliphatic carboxylic acids is 1. The van der Waals surface area contributed by atoms with E-state index in [-0.39, 0.29) is 23.7 Å². The van der Waals surface area contributed by atoms with E-state index < -0.39 is 5.97 Å². The molecular formula is C14H27NO3. The van der Waals surface area contributed by atoms with Gasteiger partial charge in [-0.1, -0.05) is 34.6 Å². The molecule has 0 saturated heterocycles. The highest BCUT2D eigenvalue weighted by Gasteiger charge is 2.24. The first-order valence-corrected chi connectivity index (χ1v) is 6.64. The SMILES string of the molecule is CC(C)C(=O)NCCC(CCC(=O)O)C(C)(C)C. The van der Waals surface area contributed by atoms with Crippen molar-refractivity contribution in [3.8, 4) is 0 Å². The maximum atomic E-state index is 11.4. The Morgan fingerprint density at radius 1 is 1.17 bits per heavy atom. The number of carbonyl (C=O) groups excluding carboxylic acids is 1. The largest absolute Gasteiger partial charge is 0.481 e. The van der Waals surface area contributed by atoms with E-state index in [1.807, 2.05) is 13.8 Å². The van der Waals surface area contributed by atoms with Gasteiger partial charge >= 0.3 is 5.97 Å². The fraction of sp³-hybridized carbons (Fsp3) is 0.857. The van der Waals surface area contributed by atoms with Crippen molar-refractivity contribution >= 4 is 11.9 Å². The lowest BCUT2D eigenvalue weighted by molar-refractivity contribution is -0.137. The van der Waals surface area contributed by atoms with Crippen LogP contribution in [0.15, 0.2) is 0 Å². The van der Waals surface area contributed by atoms with Crippen molar-refractivity contribution < 1.29 is 14.7 Å². The van der Waals surface area contributed by atoms with Crippen LogP contribution in [0, 0.1) is 17.3 Å². The van der Waals surface area contributed by atoms with Gasteiger partial charge in [0.15, 0.2) is 0 Å². The molecule has 0 rings (SSSR count). The standard InChI is InChI=1S/C14H27NO3/c1-10(2)13(18)15-9-8-11(14(3,4)5)6-7-12(16)17/h10-11H,6-9H2,1-5H3,(H,15,18)(H,16,17). The van der Waals surface area contributed by atoms with Crippen LogP contribution in [0.1, 0.15) is 53.9 Å². The minimum absolute atomic E-state index is 0.00268. The molecule has 0 radical (unpaired) electrons. The Hall–Kier alpha value is -1.06. The number of carbonyl (C=O) groups is 2. The van der Waals surface area contributed by atoms with Crippen molar-refractivity contribution in [3.05, 3.63) is 0 Å². The van der Waals surface area contributed by atoms with Gasteiger partial charge in [0, 0.05) is 18.9 Å². The monoisotopic (exact) mass is 257 g/mol. The first-order valence-electron chi connectivity index (χ1n) is 6.64. The van der Waals surface area contributed by atoms with E-state index in [1.54, 1.807) is 0 Å². The zero-order valence-electron chi connectivity index (χ0n) is 12.2. The number of nitrogens with one attached hydrogen (secondary N) is 1. The molecule has 0 aliphatic rings. The summed E-state index contributed by atoms with van der Waals surface area (Å²) in [5.41, 5.74) is 0.0675. The molecule has 0 bridgehead atoms. The lowest BCUT2D eigenvalue weighted by atomic mass is 9.76. The number of rotatable bonds is 7. The maximum Gasteiger partial charge on any atom is 0.303 e. The van der Waals surface area contributed by atoms with Gasteiger partial charge in [-0.2, -0.15) is 0 Å². The van der Waals surface area contributed by atoms with Gasteiger partial charge in [-0.15, -0.1) is 0 Å². The molecular weight excluding hydrogens is 230 g/mol. The molecule has 4 nitrogen and oxygen atoms in total. The van der Waals surface area contributed by atoms with Gasteiger partial charge in [0.1, 0.15) is 0 Å². The Morgan fingerprint density at radius 3 is 2.11 bits per heavy atom. The molecule has 1 amide bonds. The fourth-order valence-electron chi connectivity index (χ4n) is 1.88. The lowest BCUT2D eigenvalue weighted by Gasteiger charge is -2.30. The van der Waals surface area contributed by atoms with E-state index in [4.69, 9.17) is 5.11 Å². The average Bonchev–Trinajstić information content (AvgIpc) is 2.20. The molecule has 0 aromatic rings. The molecule has 1 atom stereocenters. The third-order valence-corrected chi connectivity index (χ3v) is 3.25. The molecule has 0 spiro atoms.